The van der Waals surface area contributed by atoms with Crippen molar-refractivity contribution in [2.45, 2.75) is 45.1 Å². The number of likely N-dealkylation sites (tertiary alicyclic amines) is 1. The lowest BCUT2D eigenvalue weighted by atomic mass is 10.1. The molecule has 30 heavy (non-hydrogen) atoms. The molecule has 4 heteroatoms. The Morgan fingerprint density at radius 3 is 2.10 bits per heavy atom. The fraction of sp³-hybridized carbons (Fsp3) is 0.462. The van der Waals surface area contributed by atoms with Gasteiger partial charge in [-0.15, -0.1) is 0 Å². The fourth-order valence-corrected chi connectivity index (χ4v) is 4.58. The van der Waals surface area contributed by atoms with Crippen molar-refractivity contribution in [3.63, 3.8) is 0 Å². The molecule has 1 aromatic heterocycles. The van der Waals surface area contributed by atoms with Crippen molar-refractivity contribution in [3.05, 3.63) is 48.5 Å². The fourth-order valence-electron chi connectivity index (χ4n) is 4.58. The van der Waals surface area contributed by atoms with Gasteiger partial charge in [0.2, 0.25) is 0 Å². The van der Waals surface area contributed by atoms with E-state index in [-0.39, 0.29) is 0 Å². The first kappa shape index (κ1) is 20.8. The number of unbranched alkanes of at least 4 members (excludes halogenated alkanes) is 3. The first-order valence-corrected chi connectivity index (χ1v) is 11.3. The number of aromatic nitrogens is 1. The molecule has 0 aliphatic carbocycles. The monoisotopic (exact) mass is 406 g/mol. The summed E-state index contributed by atoms with van der Waals surface area (Å²) in [5, 5.41) is 1.23. The van der Waals surface area contributed by atoms with Crippen LogP contribution in [0.25, 0.3) is 22.2 Å². The van der Waals surface area contributed by atoms with E-state index in [1.165, 1.54) is 80.3 Å². The summed E-state index contributed by atoms with van der Waals surface area (Å²) in [6, 6.07) is 17.0. The number of hydrogen-bond acceptors (Lipinski definition) is 3. The van der Waals surface area contributed by atoms with Gasteiger partial charge in [0, 0.05) is 23.1 Å². The minimum atomic E-state index is 0.890. The Morgan fingerprint density at radius 1 is 0.733 bits per heavy atom. The van der Waals surface area contributed by atoms with Crippen LogP contribution in [-0.2, 0) is 6.54 Å². The Labute approximate surface area is 180 Å². The molecular weight excluding hydrogens is 372 g/mol. The lowest BCUT2D eigenvalue weighted by molar-refractivity contribution is 0.327. The van der Waals surface area contributed by atoms with E-state index in [0.29, 0.717) is 0 Å². The maximum atomic E-state index is 5.45. The highest BCUT2D eigenvalue weighted by molar-refractivity contribution is 5.88. The molecule has 0 saturated carbocycles. The molecule has 160 valence electrons. The van der Waals surface area contributed by atoms with E-state index in [2.05, 4.69) is 45.9 Å². The van der Waals surface area contributed by atoms with Crippen LogP contribution in [0.4, 0.5) is 0 Å². The van der Waals surface area contributed by atoms with E-state index in [1.807, 2.05) is 12.1 Å². The summed E-state index contributed by atoms with van der Waals surface area (Å²) in [4.78, 5) is 2.62. The molecule has 0 bridgehead atoms. The van der Waals surface area contributed by atoms with E-state index < -0.39 is 0 Å². The smallest absolute Gasteiger partial charge is 0.119 e. The minimum absolute atomic E-state index is 0.890. The summed E-state index contributed by atoms with van der Waals surface area (Å²) in [5.74, 6) is 1.80. The second-order valence-electron chi connectivity index (χ2n) is 8.30. The minimum Gasteiger partial charge on any atom is -0.497 e. The third kappa shape index (κ3) is 4.81. The van der Waals surface area contributed by atoms with Crippen LogP contribution in [0.3, 0.4) is 0 Å². The molecule has 1 aliphatic heterocycles. The Bertz CT molecular complexity index is 940. The number of hydrogen-bond donors (Lipinski definition) is 0. The van der Waals surface area contributed by atoms with Gasteiger partial charge in [-0.25, -0.2) is 0 Å². The van der Waals surface area contributed by atoms with E-state index in [4.69, 9.17) is 9.47 Å². The maximum absolute atomic E-state index is 5.45. The number of benzene rings is 2. The summed E-state index contributed by atoms with van der Waals surface area (Å²) in [6.45, 7) is 4.94. The Morgan fingerprint density at radius 2 is 1.40 bits per heavy atom. The van der Waals surface area contributed by atoms with E-state index in [0.717, 1.165) is 18.0 Å². The van der Waals surface area contributed by atoms with E-state index >= 15 is 0 Å². The van der Waals surface area contributed by atoms with Gasteiger partial charge in [-0.05, 0) is 99.4 Å². The van der Waals surface area contributed by atoms with Crippen molar-refractivity contribution in [2.75, 3.05) is 33.9 Å². The lowest BCUT2D eigenvalue weighted by Crippen LogP contribution is -2.20. The molecule has 4 rings (SSSR count). The molecule has 1 aliphatic rings. The lowest BCUT2D eigenvalue weighted by Gasteiger charge is -2.14. The van der Waals surface area contributed by atoms with E-state index in [1.54, 1.807) is 14.2 Å². The second-order valence-corrected chi connectivity index (χ2v) is 8.30. The topological polar surface area (TPSA) is 26.6 Å². The van der Waals surface area contributed by atoms with Gasteiger partial charge in [-0.2, -0.15) is 0 Å². The standard InChI is InChI=1S/C26H34N2O2/c1-29-23-11-9-21(10-12-23)26-20-22-19-24(30-2)13-14-25(22)28(26)18-6-4-3-5-15-27-16-7-8-17-27/h9-14,19-20H,3-8,15-18H2,1-2H3. The van der Waals surface area contributed by atoms with Crippen molar-refractivity contribution in [1.29, 1.82) is 0 Å². The molecule has 1 fully saturated rings. The zero-order chi connectivity index (χ0) is 20.8. The number of methoxy groups -OCH3 is 2. The first-order valence-electron chi connectivity index (χ1n) is 11.3. The number of fused-ring (bicyclic) bond motifs is 1. The van der Waals surface area contributed by atoms with Gasteiger partial charge < -0.3 is 18.9 Å². The summed E-state index contributed by atoms with van der Waals surface area (Å²) in [5.41, 5.74) is 3.76. The van der Waals surface area contributed by atoms with Crippen molar-refractivity contribution >= 4 is 10.9 Å². The van der Waals surface area contributed by atoms with Gasteiger partial charge >= 0.3 is 0 Å². The van der Waals surface area contributed by atoms with Crippen LogP contribution in [0.2, 0.25) is 0 Å². The highest BCUT2D eigenvalue weighted by atomic mass is 16.5. The van der Waals surface area contributed by atoms with Gasteiger partial charge in [0.25, 0.3) is 0 Å². The molecule has 3 aromatic rings. The zero-order valence-electron chi connectivity index (χ0n) is 18.4. The SMILES string of the molecule is COc1ccc(-c2cc3cc(OC)ccc3n2CCCCCCN2CCCC2)cc1. The number of ether oxygens (including phenoxy) is 2. The Balaban J connectivity index is 1.46. The van der Waals surface area contributed by atoms with Crippen LogP contribution in [0.15, 0.2) is 48.5 Å². The third-order valence-electron chi connectivity index (χ3n) is 6.30. The van der Waals surface area contributed by atoms with Crippen molar-refractivity contribution < 1.29 is 9.47 Å². The van der Waals surface area contributed by atoms with Gasteiger partial charge in [-0.1, -0.05) is 12.8 Å². The molecule has 0 unspecified atom stereocenters. The van der Waals surface area contributed by atoms with Crippen molar-refractivity contribution in [1.82, 2.24) is 9.47 Å². The van der Waals surface area contributed by atoms with Crippen LogP contribution < -0.4 is 9.47 Å². The van der Waals surface area contributed by atoms with Crippen LogP contribution in [-0.4, -0.2) is 43.3 Å². The van der Waals surface area contributed by atoms with Crippen LogP contribution in [0, 0.1) is 0 Å². The quantitative estimate of drug-likeness (QED) is 0.387. The highest BCUT2D eigenvalue weighted by Gasteiger charge is 2.13. The maximum Gasteiger partial charge on any atom is 0.119 e. The summed E-state index contributed by atoms with van der Waals surface area (Å²) in [6.07, 6.45) is 7.92. The summed E-state index contributed by atoms with van der Waals surface area (Å²) in [7, 11) is 3.44. The predicted octanol–water partition coefficient (Wildman–Crippen LogP) is 5.98. The molecule has 0 N–H and O–H groups in total. The molecule has 0 atom stereocenters. The average Bonchev–Trinajstić information content (AvgIpc) is 3.43. The number of nitrogens with zero attached hydrogens (tertiary/aromatic N) is 2. The molecular formula is C26H34N2O2. The largest absolute Gasteiger partial charge is 0.497 e. The normalized spacial score (nSPS) is 14.5. The number of aryl methyl sites for hydroxylation is 1. The first-order chi connectivity index (χ1) is 14.8. The highest BCUT2D eigenvalue weighted by Crippen LogP contribution is 2.32. The molecule has 4 nitrogen and oxygen atoms in total. The van der Waals surface area contributed by atoms with Crippen LogP contribution in [0.5, 0.6) is 11.5 Å². The van der Waals surface area contributed by atoms with Gasteiger partial charge in [0.15, 0.2) is 0 Å². The average molecular weight is 407 g/mol. The molecule has 0 radical (unpaired) electrons. The molecule has 0 spiro atoms. The van der Waals surface area contributed by atoms with Crippen LogP contribution in [0.1, 0.15) is 38.5 Å². The zero-order valence-corrected chi connectivity index (χ0v) is 18.4. The second kappa shape index (κ2) is 10.0. The molecule has 1 saturated heterocycles. The van der Waals surface area contributed by atoms with Gasteiger partial charge in [-0.3, -0.25) is 0 Å². The summed E-state index contributed by atoms with van der Waals surface area (Å²) < 4.78 is 13.3. The predicted molar refractivity (Wildman–Crippen MR) is 125 cm³/mol. The summed E-state index contributed by atoms with van der Waals surface area (Å²) >= 11 is 0. The molecule has 2 aromatic carbocycles. The Kier molecular flexibility index (Phi) is 6.96. The third-order valence-corrected chi connectivity index (χ3v) is 6.30. The van der Waals surface area contributed by atoms with Gasteiger partial charge in [0.05, 0.1) is 14.2 Å². The van der Waals surface area contributed by atoms with Crippen molar-refractivity contribution in [2.24, 2.45) is 0 Å². The number of rotatable bonds is 10. The van der Waals surface area contributed by atoms with Crippen LogP contribution >= 0.6 is 0 Å². The van der Waals surface area contributed by atoms with Crippen molar-refractivity contribution in [3.8, 4) is 22.8 Å². The molecule has 2 heterocycles. The van der Waals surface area contributed by atoms with E-state index in [9.17, 15) is 0 Å². The Hall–Kier alpha value is -2.46. The molecule has 0 amide bonds. The van der Waals surface area contributed by atoms with Gasteiger partial charge in [0.1, 0.15) is 11.5 Å².